The maximum atomic E-state index is 13.7. The van der Waals surface area contributed by atoms with Gasteiger partial charge in [-0.25, -0.2) is 9.18 Å². The Bertz CT molecular complexity index is 662. The smallest absolute Gasteiger partial charge is 0.407 e. The van der Waals surface area contributed by atoms with Crippen LogP contribution < -0.4 is 16.0 Å². The lowest BCUT2D eigenvalue weighted by Crippen LogP contribution is -2.42. The average molecular weight is 349 g/mol. The average Bonchev–Trinajstić information content (AvgIpc) is 2.54. The third kappa shape index (κ3) is 8.01. The van der Waals surface area contributed by atoms with Gasteiger partial charge in [-0.3, -0.25) is 4.99 Å². The van der Waals surface area contributed by atoms with Gasteiger partial charge in [0, 0.05) is 32.2 Å². The number of guanidine groups is 1. The highest BCUT2D eigenvalue weighted by atomic mass is 19.1. The van der Waals surface area contributed by atoms with Crippen molar-refractivity contribution in [2.24, 2.45) is 4.99 Å². The van der Waals surface area contributed by atoms with Gasteiger partial charge in [-0.05, 0) is 39.0 Å². The molecule has 25 heavy (non-hydrogen) atoms. The number of nitrogens with zero attached hydrogens (tertiary/aromatic N) is 2. The monoisotopic (exact) mass is 349 g/mol. The maximum absolute atomic E-state index is 13.7. The Morgan fingerprint density at radius 2 is 1.96 bits per heavy atom. The van der Waals surface area contributed by atoms with Crippen LogP contribution in [0.4, 0.5) is 9.18 Å². The van der Waals surface area contributed by atoms with Gasteiger partial charge in [-0.2, -0.15) is 5.26 Å². The van der Waals surface area contributed by atoms with E-state index in [4.69, 9.17) is 10.00 Å². The Hall–Kier alpha value is -2.82. The van der Waals surface area contributed by atoms with Crippen molar-refractivity contribution < 1.29 is 13.9 Å². The van der Waals surface area contributed by atoms with Crippen molar-refractivity contribution in [1.82, 2.24) is 16.0 Å². The van der Waals surface area contributed by atoms with Crippen LogP contribution in [-0.4, -0.2) is 37.8 Å². The lowest BCUT2D eigenvalue weighted by Gasteiger charge is -2.20. The van der Waals surface area contributed by atoms with Gasteiger partial charge < -0.3 is 20.7 Å². The number of alkyl carbamates (subject to hydrolysis) is 1. The number of amides is 1. The zero-order chi connectivity index (χ0) is 18.9. The lowest BCUT2D eigenvalue weighted by molar-refractivity contribution is 0.0529. The van der Waals surface area contributed by atoms with Gasteiger partial charge in [0.2, 0.25) is 0 Å². The Morgan fingerprint density at radius 1 is 1.28 bits per heavy atom. The number of rotatable bonds is 5. The zero-order valence-corrected chi connectivity index (χ0v) is 14.9. The van der Waals surface area contributed by atoms with Gasteiger partial charge >= 0.3 is 6.09 Å². The summed E-state index contributed by atoms with van der Waals surface area (Å²) in [4.78, 5) is 15.5. The van der Waals surface area contributed by atoms with Crippen molar-refractivity contribution in [3.8, 4) is 6.07 Å². The fraction of sp³-hybridized carbons (Fsp3) is 0.471. The van der Waals surface area contributed by atoms with E-state index < -0.39 is 17.5 Å². The second-order valence-corrected chi connectivity index (χ2v) is 6.20. The molecule has 0 spiro atoms. The Morgan fingerprint density at radius 3 is 2.56 bits per heavy atom. The minimum atomic E-state index is -0.545. The van der Waals surface area contributed by atoms with Crippen LogP contribution in [0.1, 0.15) is 31.9 Å². The first-order chi connectivity index (χ1) is 11.7. The highest BCUT2D eigenvalue weighted by molar-refractivity contribution is 5.79. The second kappa shape index (κ2) is 9.47. The number of benzene rings is 1. The Kier molecular flexibility index (Phi) is 7.66. The number of carbonyl (C=O) groups is 1. The number of halogens is 1. The van der Waals surface area contributed by atoms with Gasteiger partial charge in [0.05, 0.1) is 11.6 Å². The molecule has 0 aliphatic heterocycles. The molecule has 0 aromatic heterocycles. The minimum absolute atomic E-state index is 0.181. The number of nitrogens with one attached hydrogen (secondary N) is 3. The van der Waals surface area contributed by atoms with E-state index in [0.717, 1.165) is 0 Å². The molecule has 1 aromatic rings. The van der Waals surface area contributed by atoms with Crippen LogP contribution in [0.25, 0.3) is 0 Å². The predicted octanol–water partition coefficient (Wildman–Crippen LogP) is 1.89. The van der Waals surface area contributed by atoms with E-state index in [1.165, 1.54) is 18.2 Å². The number of aliphatic imine (C=N–C) groups is 1. The third-order valence-corrected chi connectivity index (χ3v) is 2.93. The van der Waals surface area contributed by atoms with Crippen LogP contribution in [0, 0.1) is 17.1 Å². The van der Waals surface area contributed by atoms with Gasteiger partial charge in [-0.1, -0.05) is 0 Å². The van der Waals surface area contributed by atoms with Crippen LogP contribution in [0.5, 0.6) is 0 Å². The molecule has 0 aliphatic carbocycles. The first-order valence-electron chi connectivity index (χ1n) is 7.85. The number of hydrogen-bond acceptors (Lipinski definition) is 4. The third-order valence-electron chi connectivity index (χ3n) is 2.93. The number of nitriles is 1. The highest BCUT2D eigenvalue weighted by Crippen LogP contribution is 2.09. The summed E-state index contributed by atoms with van der Waals surface area (Å²) < 4.78 is 18.8. The molecule has 0 unspecified atom stereocenters. The number of hydrogen-bond donors (Lipinski definition) is 3. The summed E-state index contributed by atoms with van der Waals surface area (Å²) in [6, 6.07) is 6.14. The molecular weight excluding hydrogens is 325 g/mol. The van der Waals surface area contributed by atoms with Gasteiger partial charge in [-0.15, -0.1) is 0 Å². The normalized spacial score (nSPS) is 11.4. The van der Waals surface area contributed by atoms with Crippen molar-refractivity contribution in [2.75, 3.05) is 20.1 Å². The lowest BCUT2D eigenvalue weighted by atomic mass is 10.1. The summed E-state index contributed by atoms with van der Waals surface area (Å²) >= 11 is 0. The molecule has 0 heterocycles. The molecule has 0 atom stereocenters. The molecule has 1 aromatic carbocycles. The molecule has 0 aliphatic rings. The van der Waals surface area contributed by atoms with Crippen LogP contribution >= 0.6 is 0 Å². The highest BCUT2D eigenvalue weighted by Gasteiger charge is 2.15. The van der Waals surface area contributed by atoms with Crippen molar-refractivity contribution in [2.45, 2.75) is 32.9 Å². The molecule has 0 radical (unpaired) electrons. The molecule has 136 valence electrons. The summed E-state index contributed by atoms with van der Waals surface area (Å²) in [5.74, 6) is 0.0568. The van der Waals surface area contributed by atoms with Gasteiger partial charge in [0.1, 0.15) is 11.4 Å². The van der Waals surface area contributed by atoms with E-state index in [2.05, 4.69) is 20.9 Å². The summed E-state index contributed by atoms with van der Waals surface area (Å²) in [5, 5.41) is 17.4. The first-order valence-corrected chi connectivity index (χ1v) is 7.85. The maximum Gasteiger partial charge on any atom is 0.407 e. The van der Waals surface area contributed by atoms with E-state index in [1.807, 2.05) is 6.07 Å². The molecule has 0 saturated carbocycles. The summed E-state index contributed by atoms with van der Waals surface area (Å²) in [6.07, 6.45) is -0.493. The minimum Gasteiger partial charge on any atom is -0.444 e. The molecule has 0 fully saturated rings. The number of ether oxygens (including phenoxy) is 1. The fourth-order valence-corrected chi connectivity index (χ4v) is 1.84. The van der Waals surface area contributed by atoms with E-state index in [0.29, 0.717) is 30.2 Å². The second-order valence-electron chi connectivity index (χ2n) is 6.20. The first kappa shape index (κ1) is 20.2. The van der Waals surface area contributed by atoms with Crippen LogP contribution in [-0.2, 0) is 11.3 Å². The van der Waals surface area contributed by atoms with E-state index in [1.54, 1.807) is 27.8 Å². The molecule has 7 nitrogen and oxygen atoms in total. The van der Waals surface area contributed by atoms with Crippen molar-refractivity contribution in [3.05, 3.63) is 35.1 Å². The van der Waals surface area contributed by atoms with Crippen molar-refractivity contribution >= 4 is 12.1 Å². The van der Waals surface area contributed by atoms with E-state index in [9.17, 15) is 9.18 Å². The summed E-state index contributed by atoms with van der Waals surface area (Å²) in [6.45, 7) is 6.30. The van der Waals surface area contributed by atoms with Crippen LogP contribution in [0.15, 0.2) is 23.2 Å². The van der Waals surface area contributed by atoms with Gasteiger partial charge in [0.15, 0.2) is 5.96 Å². The molecule has 3 N–H and O–H groups in total. The summed E-state index contributed by atoms with van der Waals surface area (Å²) in [5.41, 5.74) is 0.216. The predicted molar refractivity (Wildman–Crippen MR) is 93.6 cm³/mol. The SMILES string of the molecule is CN=C(NCCNC(=O)OC(C)(C)C)NCc1cc(C#N)ccc1F. The molecular formula is C17H24FN5O2. The topological polar surface area (TPSA) is 98.5 Å². The summed E-state index contributed by atoms with van der Waals surface area (Å²) in [7, 11) is 1.58. The fourth-order valence-electron chi connectivity index (χ4n) is 1.84. The Balaban J connectivity index is 2.39. The van der Waals surface area contributed by atoms with E-state index >= 15 is 0 Å². The van der Waals surface area contributed by atoms with E-state index in [-0.39, 0.29) is 6.54 Å². The van der Waals surface area contributed by atoms with Crippen molar-refractivity contribution in [1.29, 1.82) is 5.26 Å². The van der Waals surface area contributed by atoms with Crippen LogP contribution in [0.2, 0.25) is 0 Å². The Labute approximate surface area is 147 Å². The van der Waals surface area contributed by atoms with Gasteiger partial charge in [0.25, 0.3) is 0 Å². The quantitative estimate of drug-likeness (QED) is 0.428. The largest absolute Gasteiger partial charge is 0.444 e. The molecule has 1 amide bonds. The molecule has 0 saturated heterocycles. The molecule has 1 rings (SSSR count). The number of carbonyl (C=O) groups excluding carboxylic acids is 1. The standard InChI is InChI=1S/C17H24FN5O2/c1-17(2,3)25-16(24)22-8-7-21-15(20-4)23-11-13-9-12(10-19)5-6-14(13)18/h5-6,9H,7-8,11H2,1-4H3,(H,22,24)(H2,20,21,23). The van der Waals surface area contributed by atoms with Crippen molar-refractivity contribution in [3.63, 3.8) is 0 Å². The molecule has 0 bridgehead atoms. The zero-order valence-electron chi connectivity index (χ0n) is 14.9. The molecule has 8 heteroatoms. The van der Waals surface area contributed by atoms with Crippen LogP contribution in [0.3, 0.4) is 0 Å².